The number of halogens is 1. The molecule has 0 saturated carbocycles. The zero-order chi connectivity index (χ0) is 12.5. The van der Waals surface area contributed by atoms with Crippen molar-refractivity contribution in [2.45, 2.75) is 37.9 Å². The van der Waals surface area contributed by atoms with Crippen LogP contribution in [0.1, 0.15) is 24.8 Å². The van der Waals surface area contributed by atoms with Crippen molar-refractivity contribution >= 4 is 0 Å². The Labute approximate surface area is 108 Å². The van der Waals surface area contributed by atoms with Gasteiger partial charge in [-0.25, -0.2) is 4.39 Å². The lowest BCUT2D eigenvalue weighted by Crippen LogP contribution is -2.32. The molecule has 0 amide bonds. The number of nitrogens with zero attached hydrogens (tertiary/aromatic N) is 1. The molecule has 2 nitrogen and oxygen atoms in total. The Balaban J connectivity index is 1.54. The van der Waals surface area contributed by atoms with Crippen molar-refractivity contribution in [3.63, 3.8) is 0 Å². The number of benzene rings is 1. The maximum atomic E-state index is 13.1. The van der Waals surface area contributed by atoms with E-state index in [1.807, 2.05) is 6.07 Å². The Hall–Kier alpha value is -0.930. The van der Waals surface area contributed by atoms with Gasteiger partial charge in [0.05, 0.1) is 0 Å². The average molecular weight is 248 g/mol. The second kappa shape index (κ2) is 4.98. The van der Waals surface area contributed by atoms with Crippen LogP contribution in [0.25, 0.3) is 0 Å². The summed E-state index contributed by atoms with van der Waals surface area (Å²) in [5.74, 6) is 0.643. The molecule has 2 aliphatic rings. The Kier molecular flexibility index (Phi) is 3.35. The van der Waals surface area contributed by atoms with Crippen LogP contribution in [-0.2, 0) is 6.54 Å². The van der Waals surface area contributed by atoms with E-state index >= 15 is 0 Å². The number of hydrogen-bond donors (Lipinski definition) is 1. The van der Waals surface area contributed by atoms with Crippen LogP contribution in [0.4, 0.5) is 4.39 Å². The molecule has 98 valence electrons. The molecule has 18 heavy (non-hydrogen) atoms. The largest absolute Gasteiger partial charge is 0.311 e. The molecular weight excluding hydrogens is 227 g/mol. The van der Waals surface area contributed by atoms with Gasteiger partial charge in [0.2, 0.25) is 0 Å². The molecule has 0 radical (unpaired) electrons. The second-order valence-electron chi connectivity index (χ2n) is 5.87. The minimum absolute atomic E-state index is 0.137. The molecule has 0 spiro atoms. The Bertz CT molecular complexity index is 421. The van der Waals surface area contributed by atoms with Gasteiger partial charge in [0, 0.05) is 25.2 Å². The molecule has 2 saturated heterocycles. The van der Waals surface area contributed by atoms with E-state index in [9.17, 15) is 4.39 Å². The molecule has 3 unspecified atom stereocenters. The fourth-order valence-corrected chi connectivity index (χ4v) is 3.55. The minimum atomic E-state index is -0.137. The molecule has 2 aliphatic heterocycles. The molecule has 1 N–H and O–H groups in total. The molecule has 3 heteroatoms. The minimum Gasteiger partial charge on any atom is -0.311 e. The topological polar surface area (TPSA) is 15.3 Å². The molecule has 0 aliphatic carbocycles. The van der Waals surface area contributed by atoms with E-state index in [-0.39, 0.29) is 5.82 Å². The lowest BCUT2D eigenvalue weighted by atomic mass is 9.89. The van der Waals surface area contributed by atoms with Crippen molar-refractivity contribution in [1.29, 1.82) is 0 Å². The van der Waals surface area contributed by atoms with Gasteiger partial charge in [-0.1, -0.05) is 12.1 Å². The second-order valence-corrected chi connectivity index (χ2v) is 5.87. The van der Waals surface area contributed by atoms with Crippen LogP contribution >= 0.6 is 0 Å². The van der Waals surface area contributed by atoms with Crippen LogP contribution in [-0.4, -0.2) is 30.6 Å². The fraction of sp³-hybridized carbons (Fsp3) is 0.600. The first-order valence-corrected chi connectivity index (χ1v) is 6.90. The van der Waals surface area contributed by atoms with Gasteiger partial charge in [-0.2, -0.15) is 0 Å². The molecule has 3 atom stereocenters. The highest BCUT2D eigenvalue weighted by atomic mass is 19.1. The van der Waals surface area contributed by atoms with Gasteiger partial charge in [0.1, 0.15) is 5.82 Å². The molecule has 2 bridgehead atoms. The van der Waals surface area contributed by atoms with Crippen molar-refractivity contribution in [3.8, 4) is 0 Å². The van der Waals surface area contributed by atoms with E-state index in [1.165, 1.54) is 25.3 Å². The van der Waals surface area contributed by atoms with Crippen molar-refractivity contribution in [2.24, 2.45) is 5.92 Å². The van der Waals surface area contributed by atoms with Crippen molar-refractivity contribution in [2.75, 3.05) is 13.6 Å². The van der Waals surface area contributed by atoms with E-state index in [0.717, 1.165) is 36.7 Å². The van der Waals surface area contributed by atoms with Gasteiger partial charge in [0.25, 0.3) is 0 Å². The number of fused-ring (bicyclic) bond motifs is 2. The molecule has 2 fully saturated rings. The van der Waals surface area contributed by atoms with Crippen LogP contribution in [0, 0.1) is 11.7 Å². The maximum absolute atomic E-state index is 13.1. The molecule has 2 heterocycles. The summed E-state index contributed by atoms with van der Waals surface area (Å²) in [6.07, 6.45) is 4.01. The summed E-state index contributed by atoms with van der Waals surface area (Å²) in [6.45, 7) is 1.95. The predicted molar refractivity (Wildman–Crippen MR) is 70.8 cm³/mol. The summed E-state index contributed by atoms with van der Waals surface area (Å²) in [7, 11) is 2.14. The van der Waals surface area contributed by atoms with Gasteiger partial charge in [-0.15, -0.1) is 0 Å². The van der Waals surface area contributed by atoms with Gasteiger partial charge in [-0.3, -0.25) is 0 Å². The first-order valence-electron chi connectivity index (χ1n) is 6.90. The van der Waals surface area contributed by atoms with Crippen molar-refractivity contribution in [3.05, 3.63) is 35.6 Å². The van der Waals surface area contributed by atoms with Gasteiger partial charge in [0.15, 0.2) is 0 Å². The van der Waals surface area contributed by atoms with E-state index in [1.54, 1.807) is 12.1 Å². The zero-order valence-electron chi connectivity index (χ0n) is 10.9. The lowest BCUT2D eigenvalue weighted by Gasteiger charge is -2.26. The third-order valence-electron chi connectivity index (χ3n) is 4.32. The standard InChI is InChI=1S/C15H21FN2/c1-18(9-11-3-2-4-13(16)7-11)10-12-8-14-5-6-15(12)17-14/h2-4,7,12,14-15,17H,5-6,8-10H2,1H3. The maximum Gasteiger partial charge on any atom is 0.123 e. The molecule has 1 aromatic carbocycles. The normalized spacial score (nSPS) is 30.3. The van der Waals surface area contributed by atoms with Crippen LogP contribution in [0.3, 0.4) is 0 Å². The summed E-state index contributed by atoms with van der Waals surface area (Å²) in [5.41, 5.74) is 1.06. The van der Waals surface area contributed by atoms with E-state index in [2.05, 4.69) is 17.3 Å². The summed E-state index contributed by atoms with van der Waals surface area (Å²) >= 11 is 0. The number of nitrogens with one attached hydrogen (secondary N) is 1. The monoisotopic (exact) mass is 248 g/mol. The fourth-order valence-electron chi connectivity index (χ4n) is 3.55. The number of rotatable bonds is 4. The predicted octanol–water partition coefficient (Wildman–Crippen LogP) is 2.40. The van der Waals surface area contributed by atoms with Crippen LogP contribution < -0.4 is 5.32 Å². The van der Waals surface area contributed by atoms with E-state index in [4.69, 9.17) is 0 Å². The Morgan fingerprint density at radius 3 is 2.94 bits per heavy atom. The molecule has 1 aromatic rings. The van der Waals surface area contributed by atoms with E-state index in [0.29, 0.717) is 0 Å². The Morgan fingerprint density at radius 2 is 2.28 bits per heavy atom. The molecular formula is C15H21FN2. The van der Waals surface area contributed by atoms with Crippen LogP contribution in [0.15, 0.2) is 24.3 Å². The van der Waals surface area contributed by atoms with E-state index < -0.39 is 0 Å². The van der Waals surface area contributed by atoms with Crippen molar-refractivity contribution < 1.29 is 4.39 Å². The van der Waals surface area contributed by atoms with Gasteiger partial charge < -0.3 is 10.2 Å². The molecule has 0 aromatic heterocycles. The van der Waals surface area contributed by atoms with Crippen LogP contribution in [0.2, 0.25) is 0 Å². The highest BCUT2D eigenvalue weighted by Gasteiger charge is 2.38. The van der Waals surface area contributed by atoms with Gasteiger partial charge >= 0.3 is 0 Å². The summed E-state index contributed by atoms with van der Waals surface area (Å²) in [6, 6.07) is 8.42. The third kappa shape index (κ3) is 2.57. The first kappa shape index (κ1) is 12.1. The van der Waals surface area contributed by atoms with Crippen LogP contribution in [0.5, 0.6) is 0 Å². The van der Waals surface area contributed by atoms with Gasteiger partial charge in [-0.05, 0) is 49.9 Å². The first-order chi connectivity index (χ1) is 8.70. The zero-order valence-corrected chi connectivity index (χ0v) is 10.9. The smallest absolute Gasteiger partial charge is 0.123 e. The summed E-state index contributed by atoms with van der Waals surface area (Å²) in [5, 5.41) is 3.67. The summed E-state index contributed by atoms with van der Waals surface area (Å²) < 4.78 is 13.1. The highest BCUT2D eigenvalue weighted by molar-refractivity contribution is 5.16. The lowest BCUT2D eigenvalue weighted by molar-refractivity contribution is 0.242. The number of hydrogen-bond acceptors (Lipinski definition) is 2. The Morgan fingerprint density at radius 1 is 1.39 bits per heavy atom. The molecule has 3 rings (SSSR count). The van der Waals surface area contributed by atoms with Crippen molar-refractivity contribution in [1.82, 2.24) is 10.2 Å². The highest BCUT2D eigenvalue weighted by Crippen LogP contribution is 2.33. The third-order valence-corrected chi connectivity index (χ3v) is 4.32. The SMILES string of the molecule is CN(Cc1cccc(F)c1)CC1CC2CCC1N2. The quantitative estimate of drug-likeness (QED) is 0.880. The summed E-state index contributed by atoms with van der Waals surface area (Å²) in [4.78, 5) is 2.32. The average Bonchev–Trinajstić information content (AvgIpc) is 2.90.